The van der Waals surface area contributed by atoms with E-state index in [1.807, 2.05) is 6.07 Å². The second-order valence-corrected chi connectivity index (χ2v) is 3.29. The van der Waals surface area contributed by atoms with Gasteiger partial charge in [0.2, 0.25) is 0 Å². The van der Waals surface area contributed by atoms with Gasteiger partial charge in [-0.2, -0.15) is 5.48 Å². The Kier molecular flexibility index (Phi) is 2.57. The van der Waals surface area contributed by atoms with Crippen LogP contribution in [0.2, 0.25) is 0 Å². The summed E-state index contributed by atoms with van der Waals surface area (Å²) < 4.78 is 12.8. The number of hydrogen-bond acceptors (Lipinski definition) is 2. The summed E-state index contributed by atoms with van der Waals surface area (Å²) in [5, 5.41) is 0. The summed E-state index contributed by atoms with van der Waals surface area (Å²) in [6.45, 7) is 0.750. The lowest BCUT2D eigenvalue weighted by Gasteiger charge is -2.07. The molecule has 1 atom stereocenters. The van der Waals surface area contributed by atoms with Crippen molar-refractivity contribution in [2.45, 2.75) is 18.9 Å². The van der Waals surface area contributed by atoms with Gasteiger partial charge < -0.3 is 4.84 Å². The summed E-state index contributed by atoms with van der Waals surface area (Å²) in [7, 11) is 0. The third kappa shape index (κ3) is 2.26. The van der Waals surface area contributed by atoms with Gasteiger partial charge in [0.25, 0.3) is 0 Å². The van der Waals surface area contributed by atoms with E-state index in [-0.39, 0.29) is 5.82 Å². The molecule has 0 aromatic heterocycles. The minimum Gasteiger partial charge on any atom is -0.301 e. The van der Waals surface area contributed by atoms with Gasteiger partial charge in [-0.3, -0.25) is 0 Å². The molecule has 0 unspecified atom stereocenters. The van der Waals surface area contributed by atoms with Crippen LogP contribution in [0.4, 0.5) is 4.39 Å². The fourth-order valence-electron chi connectivity index (χ4n) is 1.53. The van der Waals surface area contributed by atoms with Crippen molar-refractivity contribution in [3.8, 4) is 0 Å². The van der Waals surface area contributed by atoms with Crippen molar-refractivity contribution in [3.63, 3.8) is 0 Å². The number of nitrogens with one attached hydrogen (secondary N) is 1. The van der Waals surface area contributed by atoms with Crippen LogP contribution in [-0.4, -0.2) is 12.6 Å². The van der Waals surface area contributed by atoms with E-state index < -0.39 is 0 Å². The van der Waals surface area contributed by atoms with E-state index in [4.69, 9.17) is 4.84 Å². The predicted octanol–water partition coefficient (Wildman–Crippen LogP) is 1.66. The molecular formula is C10H12FNO. The SMILES string of the molecule is Fc1cccc(C[C@H]2CCON2)c1. The Labute approximate surface area is 76.7 Å². The van der Waals surface area contributed by atoms with E-state index in [1.54, 1.807) is 12.1 Å². The number of benzene rings is 1. The van der Waals surface area contributed by atoms with Gasteiger partial charge in [0, 0.05) is 6.04 Å². The lowest BCUT2D eigenvalue weighted by atomic mass is 10.1. The van der Waals surface area contributed by atoms with Crippen LogP contribution in [0.25, 0.3) is 0 Å². The maximum Gasteiger partial charge on any atom is 0.123 e. The van der Waals surface area contributed by atoms with Crippen LogP contribution in [0, 0.1) is 5.82 Å². The molecule has 1 fully saturated rings. The standard InChI is InChI=1S/C10H12FNO/c11-9-3-1-2-8(6-9)7-10-4-5-13-12-10/h1-3,6,10,12H,4-5,7H2/t10-/m1/s1. The fourth-order valence-corrected chi connectivity index (χ4v) is 1.53. The number of halogens is 1. The first kappa shape index (κ1) is 8.66. The third-order valence-corrected chi connectivity index (χ3v) is 2.19. The largest absolute Gasteiger partial charge is 0.301 e. The van der Waals surface area contributed by atoms with Crippen LogP contribution < -0.4 is 5.48 Å². The van der Waals surface area contributed by atoms with Gasteiger partial charge in [-0.25, -0.2) is 4.39 Å². The highest BCUT2D eigenvalue weighted by Gasteiger charge is 2.15. The minimum absolute atomic E-state index is 0.170. The lowest BCUT2D eigenvalue weighted by molar-refractivity contribution is 0.0882. The Hall–Kier alpha value is -0.930. The van der Waals surface area contributed by atoms with Crippen molar-refractivity contribution in [2.75, 3.05) is 6.61 Å². The van der Waals surface area contributed by atoms with Crippen LogP contribution in [-0.2, 0) is 11.3 Å². The summed E-state index contributed by atoms with van der Waals surface area (Å²) in [5.74, 6) is -0.170. The Morgan fingerprint density at radius 3 is 3.15 bits per heavy atom. The Bertz CT molecular complexity index is 284. The Morgan fingerprint density at radius 2 is 2.46 bits per heavy atom. The van der Waals surface area contributed by atoms with E-state index in [9.17, 15) is 4.39 Å². The molecule has 2 rings (SSSR count). The molecule has 1 aromatic rings. The minimum atomic E-state index is -0.170. The zero-order chi connectivity index (χ0) is 9.10. The van der Waals surface area contributed by atoms with E-state index in [0.717, 1.165) is 25.0 Å². The van der Waals surface area contributed by atoms with Crippen molar-refractivity contribution < 1.29 is 9.23 Å². The average Bonchev–Trinajstić information content (AvgIpc) is 2.57. The number of rotatable bonds is 2. The van der Waals surface area contributed by atoms with Crippen molar-refractivity contribution in [1.82, 2.24) is 5.48 Å². The molecule has 3 heteroatoms. The summed E-state index contributed by atoms with van der Waals surface area (Å²) in [5.41, 5.74) is 3.92. The smallest absolute Gasteiger partial charge is 0.123 e. The number of hydrogen-bond donors (Lipinski definition) is 1. The molecule has 0 saturated carbocycles. The Morgan fingerprint density at radius 1 is 1.54 bits per heavy atom. The summed E-state index contributed by atoms with van der Waals surface area (Å²) in [6, 6.07) is 7.04. The third-order valence-electron chi connectivity index (χ3n) is 2.19. The van der Waals surface area contributed by atoms with Crippen LogP contribution >= 0.6 is 0 Å². The highest BCUT2D eigenvalue weighted by molar-refractivity contribution is 5.17. The highest BCUT2D eigenvalue weighted by Crippen LogP contribution is 2.10. The fraction of sp³-hybridized carbons (Fsp3) is 0.400. The van der Waals surface area contributed by atoms with E-state index >= 15 is 0 Å². The molecule has 1 saturated heterocycles. The van der Waals surface area contributed by atoms with Crippen molar-refractivity contribution in [3.05, 3.63) is 35.6 Å². The lowest BCUT2D eigenvalue weighted by Crippen LogP contribution is -2.22. The van der Waals surface area contributed by atoms with Crippen molar-refractivity contribution in [1.29, 1.82) is 0 Å². The Balaban J connectivity index is 2.00. The van der Waals surface area contributed by atoms with Gasteiger partial charge >= 0.3 is 0 Å². The average molecular weight is 181 g/mol. The molecule has 1 aliphatic rings. The molecular weight excluding hydrogens is 169 g/mol. The molecule has 1 heterocycles. The molecule has 0 aliphatic carbocycles. The van der Waals surface area contributed by atoms with Gasteiger partial charge in [0.05, 0.1) is 6.61 Å². The normalized spacial score (nSPS) is 22.1. The molecule has 70 valence electrons. The molecule has 0 amide bonds. The van der Waals surface area contributed by atoms with Crippen LogP contribution in [0.5, 0.6) is 0 Å². The van der Waals surface area contributed by atoms with Gasteiger partial charge in [0.1, 0.15) is 5.82 Å². The summed E-state index contributed by atoms with van der Waals surface area (Å²) in [6.07, 6.45) is 1.83. The van der Waals surface area contributed by atoms with Gasteiger partial charge in [-0.1, -0.05) is 12.1 Å². The van der Waals surface area contributed by atoms with Gasteiger partial charge in [0.15, 0.2) is 0 Å². The van der Waals surface area contributed by atoms with Crippen molar-refractivity contribution in [2.24, 2.45) is 0 Å². The second-order valence-electron chi connectivity index (χ2n) is 3.29. The molecule has 13 heavy (non-hydrogen) atoms. The zero-order valence-corrected chi connectivity index (χ0v) is 7.29. The summed E-state index contributed by atoms with van der Waals surface area (Å²) in [4.78, 5) is 5.02. The highest BCUT2D eigenvalue weighted by atomic mass is 19.1. The molecule has 1 aromatic carbocycles. The van der Waals surface area contributed by atoms with E-state index in [2.05, 4.69) is 5.48 Å². The molecule has 1 aliphatic heterocycles. The molecule has 2 nitrogen and oxygen atoms in total. The molecule has 0 radical (unpaired) electrons. The molecule has 0 spiro atoms. The first-order valence-electron chi connectivity index (χ1n) is 4.46. The second kappa shape index (κ2) is 3.85. The predicted molar refractivity (Wildman–Crippen MR) is 47.6 cm³/mol. The van der Waals surface area contributed by atoms with Crippen LogP contribution in [0.3, 0.4) is 0 Å². The molecule has 0 bridgehead atoms. The first-order valence-corrected chi connectivity index (χ1v) is 4.46. The van der Waals surface area contributed by atoms with Gasteiger partial charge in [-0.05, 0) is 30.5 Å². The van der Waals surface area contributed by atoms with Gasteiger partial charge in [-0.15, -0.1) is 0 Å². The first-order chi connectivity index (χ1) is 6.34. The topological polar surface area (TPSA) is 21.3 Å². The maximum absolute atomic E-state index is 12.8. The molecule has 1 N–H and O–H groups in total. The van der Waals surface area contributed by atoms with Crippen LogP contribution in [0.15, 0.2) is 24.3 Å². The van der Waals surface area contributed by atoms with E-state index in [1.165, 1.54) is 6.07 Å². The maximum atomic E-state index is 12.8. The zero-order valence-electron chi connectivity index (χ0n) is 7.29. The monoisotopic (exact) mass is 181 g/mol. The van der Waals surface area contributed by atoms with Crippen molar-refractivity contribution >= 4 is 0 Å². The number of hydroxylamine groups is 1. The van der Waals surface area contributed by atoms with Crippen LogP contribution in [0.1, 0.15) is 12.0 Å². The quantitative estimate of drug-likeness (QED) is 0.749. The van der Waals surface area contributed by atoms with E-state index in [0.29, 0.717) is 6.04 Å². The summed E-state index contributed by atoms with van der Waals surface area (Å²) >= 11 is 0.